The van der Waals surface area contributed by atoms with Gasteiger partial charge in [0.15, 0.2) is 11.5 Å². The molecule has 2 amide bonds. The molecule has 0 saturated carbocycles. The number of rotatable bonds is 5. The van der Waals surface area contributed by atoms with E-state index in [0.29, 0.717) is 23.2 Å². The van der Waals surface area contributed by atoms with Crippen molar-refractivity contribution in [3.05, 3.63) is 113 Å². The van der Waals surface area contributed by atoms with Crippen LogP contribution < -0.4 is 10.6 Å². The number of hydrogen-bond acceptors (Lipinski definition) is 5. The van der Waals surface area contributed by atoms with Gasteiger partial charge in [-0.05, 0) is 57.8 Å². The smallest absolute Gasteiger partial charge is 0.260 e. The Morgan fingerprint density at radius 2 is 1.46 bits per heavy atom. The van der Waals surface area contributed by atoms with Crippen LogP contribution in [0.3, 0.4) is 0 Å². The Kier molecular flexibility index (Phi) is 5.77. The number of phenols is 2. The average Bonchev–Trinajstić information content (AvgIpc) is 2.86. The predicted octanol–water partition coefficient (Wildman–Crippen LogP) is 4.82. The van der Waals surface area contributed by atoms with E-state index in [0.717, 1.165) is 22.1 Å². The SMILES string of the molecule is O=C1NC(=O)c2ccc(/C=C/c3ccc4ccccc4c3)cc2/C1=C\NCc1ccc(O)c(O)c1. The molecule has 0 radical (unpaired) electrons. The van der Waals surface area contributed by atoms with Gasteiger partial charge >= 0.3 is 0 Å². The van der Waals surface area contributed by atoms with Gasteiger partial charge in [0.05, 0.1) is 5.57 Å². The molecule has 172 valence electrons. The summed E-state index contributed by atoms with van der Waals surface area (Å²) < 4.78 is 0. The molecule has 4 aromatic rings. The number of aromatic hydroxyl groups is 2. The topological polar surface area (TPSA) is 98.7 Å². The van der Waals surface area contributed by atoms with Gasteiger partial charge in [-0.2, -0.15) is 0 Å². The van der Waals surface area contributed by atoms with Crippen LogP contribution in [0.15, 0.2) is 85.1 Å². The van der Waals surface area contributed by atoms with Crippen molar-refractivity contribution < 1.29 is 19.8 Å². The molecule has 0 unspecified atom stereocenters. The summed E-state index contributed by atoms with van der Waals surface area (Å²) in [6.07, 6.45) is 5.50. The fraction of sp³-hybridized carbons (Fsp3) is 0.0345. The number of imide groups is 1. The number of amides is 2. The van der Waals surface area contributed by atoms with Crippen molar-refractivity contribution in [3.8, 4) is 11.5 Å². The molecule has 0 bridgehead atoms. The first-order valence-corrected chi connectivity index (χ1v) is 11.1. The summed E-state index contributed by atoms with van der Waals surface area (Å²) in [5.41, 5.74) is 3.92. The van der Waals surface area contributed by atoms with Crippen molar-refractivity contribution in [1.82, 2.24) is 10.6 Å². The van der Waals surface area contributed by atoms with Gasteiger partial charge in [-0.25, -0.2) is 0 Å². The number of carbonyl (C=O) groups is 2. The maximum atomic E-state index is 12.6. The van der Waals surface area contributed by atoms with E-state index in [1.54, 1.807) is 18.3 Å². The summed E-state index contributed by atoms with van der Waals surface area (Å²) in [7, 11) is 0. The van der Waals surface area contributed by atoms with E-state index in [2.05, 4.69) is 34.9 Å². The first-order valence-electron chi connectivity index (χ1n) is 11.1. The molecule has 0 spiro atoms. The van der Waals surface area contributed by atoms with E-state index in [1.807, 2.05) is 42.5 Å². The van der Waals surface area contributed by atoms with Crippen LogP contribution in [-0.2, 0) is 11.3 Å². The number of nitrogens with one attached hydrogen (secondary N) is 2. The molecular formula is C29H22N2O4. The van der Waals surface area contributed by atoms with Crippen molar-refractivity contribution in [3.63, 3.8) is 0 Å². The third-order valence-corrected chi connectivity index (χ3v) is 5.88. The minimum atomic E-state index is -0.487. The fourth-order valence-corrected chi connectivity index (χ4v) is 4.04. The van der Waals surface area contributed by atoms with Crippen LogP contribution in [-0.4, -0.2) is 22.0 Å². The largest absolute Gasteiger partial charge is 0.504 e. The Hall–Kier alpha value is -4.84. The molecule has 4 aromatic carbocycles. The van der Waals surface area contributed by atoms with Gasteiger partial charge in [0.2, 0.25) is 0 Å². The zero-order valence-electron chi connectivity index (χ0n) is 18.7. The summed E-state index contributed by atoms with van der Waals surface area (Å²) in [5, 5.41) is 26.9. The van der Waals surface area contributed by atoms with Gasteiger partial charge in [-0.15, -0.1) is 0 Å². The Morgan fingerprint density at radius 3 is 2.26 bits per heavy atom. The van der Waals surface area contributed by atoms with Crippen LogP contribution in [0.5, 0.6) is 11.5 Å². The second-order valence-corrected chi connectivity index (χ2v) is 8.29. The lowest BCUT2D eigenvalue weighted by molar-refractivity contribution is -0.114. The van der Waals surface area contributed by atoms with Crippen molar-refractivity contribution >= 4 is 40.3 Å². The normalized spacial score (nSPS) is 14.3. The van der Waals surface area contributed by atoms with E-state index >= 15 is 0 Å². The molecule has 0 aliphatic carbocycles. The van der Waals surface area contributed by atoms with Gasteiger partial charge in [0.1, 0.15) is 0 Å². The zero-order valence-corrected chi connectivity index (χ0v) is 18.7. The standard InChI is InChI=1S/C29H22N2O4/c32-26-12-9-20(15-27(26)33)16-30-17-25-24-14-19(8-11-23(24)28(34)31-29(25)35)6-5-18-7-10-21-3-1-2-4-22(21)13-18/h1-15,17,30,32-33H,16H2,(H,31,34,35)/b6-5+,25-17+. The highest BCUT2D eigenvalue weighted by Gasteiger charge is 2.27. The summed E-state index contributed by atoms with van der Waals surface area (Å²) in [6, 6.07) is 24.3. The number of fused-ring (bicyclic) bond motifs is 2. The van der Waals surface area contributed by atoms with Crippen LogP contribution in [0, 0.1) is 0 Å². The third kappa shape index (κ3) is 4.63. The molecule has 0 fully saturated rings. The van der Waals surface area contributed by atoms with E-state index in [1.165, 1.54) is 17.5 Å². The van der Waals surface area contributed by atoms with Crippen LogP contribution >= 0.6 is 0 Å². The summed E-state index contributed by atoms with van der Waals surface area (Å²) in [5.74, 6) is -1.34. The van der Waals surface area contributed by atoms with Crippen LogP contribution in [0.2, 0.25) is 0 Å². The van der Waals surface area contributed by atoms with Gasteiger partial charge in [0, 0.05) is 23.9 Å². The first kappa shape index (κ1) is 22.0. The third-order valence-electron chi connectivity index (χ3n) is 5.88. The van der Waals surface area contributed by atoms with Crippen molar-refractivity contribution in [1.29, 1.82) is 0 Å². The molecule has 0 aromatic heterocycles. The highest BCUT2D eigenvalue weighted by Crippen LogP contribution is 2.27. The Bertz CT molecular complexity index is 1540. The highest BCUT2D eigenvalue weighted by atomic mass is 16.3. The van der Waals surface area contributed by atoms with E-state index in [-0.39, 0.29) is 11.5 Å². The van der Waals surface area contributed by atoms with Crippen LogP contribution in [0.25, 0.3) is 28.5 Å². The van der Waals surface area contributed by atoms with Crippen LogP contribution in [0.4, 0.5) is 0 Å². The molecule has 1 aliphatic heterocycles. The van der Waals surface area contributed by atoms with Crippen molar-refractivity contribution in [2.45, 2.75) is 6.54 Å². The molecule has 1 aliphatic rings. The lowest BCUT2D eigenvalue weighted by Crippen LogP contribution is -2.37. The maximum Gasteiger partial charge on any atom is 0.260 e. The molecule has 6 heteroatoms. The maximum absolute atomic E-state index is 12.6. The Labute approximate surface area is 201 Å². The van der Waals surface area contributed by atoms with E-state index in [4.69, 9.17) is 0 Å². The number of carbonyl (C=O) groups excluding carboxylic acids is 2. The quantitative estimate of drug-likeness (QED) is 0.148. The van der Waals surface area contributed by atoms with Crippen molar-refractivity contribution in [2.75, 3.05) is 0 Å². The Morgan fingerprint density at radius 1 is 0.714 bits per heavy atom. The minimum Gasteiger partial charge on any atom is -0.504 e. The van der Waals surface area contributed by atoms with Gasteiger partial charge < -0.3 is 15.5 Å². The molecule has 5 rings (SSSR count). The average molecular weight is 463 g/mol. The second-order valence-electron chi connectivity index (χ2n) is 8.29. The summed E-state index contributed by atoms with van der Waals surface area (Å²) >= 11 is 0. The molecule has 1 heterocycles. The summed E-state index contributed by atoms with van der Waals surface area (Å²) in [6.45, 7) is 0.315. The second kappa shape index (κ2) is 9.19. The molecule has 4 N–H and O–H groups in total. The Balaban J connectivity index is 1.41. The molecule has 0 saturated heterocycles. The minimum absolute atomic E-state index is 0.199. The summed E-state index contributed by atoms with van der Waals surface area (Å²) in [4.78, 5) is 25.0. The number of hydrogen-bond donors (Lipinski definition) is 4. The molecule has 6 nitrogen and oxygen atoms in total. The monoisotopic (exact) mass is 462 g/mol. The van der Waals surface area contributed by atoms with Crippen LogP contribution in [0.1, 0.15) is 32.6 Å². The lowest BCUT2D eigenvalue weighted by Gasteiger charge is -2.19. The van der Waals surface area contributed by atoms with Gasteiger partial charge in [-0.1, -0.05) is 60.7 Å². The number of phenolic OH excluding ortho intramolecular Hbond substituents is 2. The fourth-order valence-electron chi connectivity index (χ4n) is 4.04. The van der Waals surface area contributed by atoms with E-state index < -0.39 is 11.8 Å². The van der Waals surface area contributed by atoms with Gasteiger partial charge in [0.25, 0.3) is 11.8 Å². The lowest BCUT2D eigenvalue weighted by atomic mass is 9.93. The molecule has 0 atom stereocenters. The highest BCUT2D eigenvalue weighted by molar-refractivity contribution is 6.31. The first-order chi connectivity index (χ1) is 17.0. The van der Waals surface area contributed by atoms with Gasteiger partial charge in [-0.3, -0.25) is 14.9 Å². The molecule has 35 heavy (non-hydrogen) atoms. The molecular weight excluding hydrogens is 440 g/mol. The van der Waals surface area contributed by atoms with E-state index in [9.17, 15) is 19.8 Å². The van der Waals surface area contributed by atoms with Crippen molar-refractivity contribution in [2.24, 2.45) is 0 Å². The number of benzene rings is 4. The predicted molar refractivity (Wildman–Crippen MR) is 136 cm³/mol. The zero-order chi connectivity index (χ0) is 24.4.